The molecule has 1 amide bonds. The Labute approximate surface area is 120 Å². The van der Waals surface area contributed by atoms with Gasteiger partial charge in [-0.05, 0) is 30.5 Å². The van der Waals surface area contributed by atoms with Crippen molar-refractivity contribution in [1.29, 1.82) is 0 Å². The third kappa shape index (κ3) is 3.38. The number of nitrogens with two attached hydrogens (primary N) is 1. The Kier molecular flexibility index (Phi) is 4.78. The summed E-state index contributed by atoms with van der Waals surface area (Å²) in [6, 6.07) is 7.82. The number of ether oxygens (including phenoxy) is 1. The highest BCUT2D eigenvalue weighted by atomic mass is 16.5. The number of benzene rings is 1. The quantitative estimate of drug-likeness (QED) is 0.918. The Morgan fingerprint density at radius 2 is 1.95 bits per heavy atom. The van der Waals surface area contributed by atoms with Crippen molar-refractivity contribution in [2.75, 3.05) is 19.7 Å². The summed E-state index contributed by atoms with van der Waals surface area (Å²) in [5.74, 6) is 0.541. The number of carbonyl (C=O) groups is 1. The maximum Gasteiger partial charge on any atom is 0.254 e. The van der Waals surface area contributed by atoms with Crippen LogP contribution in [0.1, 0.15) is 42.6 Å². The van der Waals surface area contributed by atoms with E-state index in [0.29, 0.717) is 25.6 Å². The molecular formula is C16H24N2O2. The summed E-state index contributed by atoms with van der Waals surface area (Å²) in [6.07, 6.45) is -0.0670. The molecule has 4 nitrogen and oxygen atoms in total. The minimum Gasteiger partial charge on any atom is -0.373 e. The van der Waals surface area contributed by atoms with Crippen LogP contribution >= 0.6 is 0 Å². The molecule has 0 bridgehead atoms. The van der Waals surface area contributed by atoms with Gasteiger partial charge in [-0.25, -0.2) is 0 Å². The van der Waals surface area contributed by atoms with E-state index in [1.54, 1.807) is 0 Å². The monoisotopic (exact) mass is 276 g/mol. The van der Waals surface area contributed by atoms with Crippen LogP contribution < -0.4 is 5.73 Å². The van der Waals surface area contributed by atoms with Crippen LogP contribution in [-0.4, -0.2) is 42.6 Å². The number of morpholine rings is 1. The highest BCUT2D eigenvalue weighted by molar-refractivity contribution is 5.94. The summed E-state index contributed by atoms with van der Waals surface area (Å²) in [5.41, 5.74) is 7.84. The average molecular weight is 276 g/mol. The van der Waals surface area contributed by atoms with Crippen LogP contribution in [0.2, 0.25) is 0 Å². The SMILES string of the molecule is CC(C)c1ccc(C(=O)N2CCOC(C(C)N)C2)cc1. The van der Waals surface area contributed by atoms with Crippen LogP contribution in [0.4, 0.5) is 0 Å². The van der Waals surface area contributed by atoms with Gasteiger partial charge < -0.3 is 15.4 Å². The van der Waals surface area contributed by atoms with Crippen LogP contribution in [0.15, 0.2) is 24.3 Å². The molecule has 1 aliphatic heterocycles. The van der Waals surface area contributed by atoms with Crippen LogP contribution in [0.5, 0.6) is 0 Å². The lowest BCUT2D eigenvalue weighted by Gasteiger charge is -2.34. The molecule has 2 rings (SSSR count). The normalized spacial score (nSPS) is 21.1. The topological polar surface area (TPSA) is 55.6 Å². The molecule has 1 aliphatic rings. The van der Waals surface area contributed by atoms with Crippen molar-refractivity contribution in [1.82, 2.24) is 4.90 Å². The first-order valence-corrected chi connectivity index (χ1v) is 7.25. The van der Waals surface area contributed by atoms with E-state index in [1.807, 2.05) is 36.1 Å². The van der Waals surface area contributed by atoms with Gasteiger partial charge in [0.05, 0.1) is 12.7 Å². The predicted molar refractivity (Wildman–Crippen MR) is 79.8 cm³/mol. The van der Waals surface area contributed by atoms with Crippen molar-refractivity contribution in [3.05, 3.63) is 35.4 Å². The Bertz CT molecular complexity index is 454. The van der Waals surface area contributed by atoms with E-state index < -0.39 is 0 Å². The van der Waals surface area contributed by atoms with Gasteiger partial charge in [-0.3, -0.25) is 4.79 Å². The van der Waals surface area contributed by atoms with Crippen molar-refractivity contribution in [3.8, 4) is 0 Å². The number of amides is 1. The van der Waals surface area contributed by atoms with Gasteiger partial charge in [0.25, 0.3) is 5.91 Å². The molecule has 110 valence electrons. The fourth-order valence-electron chi connectivity index (χ4n) is 2.37. The molecule has 0 aromatic heterocycles. The van der Waals surface area contributed by atoms with E-state index in [4.69, 9.17) is 10.5 Å². The molecule has 1 aromatic rings. The Hall–Kier alpha value is -1.39. The second-order valence-corrected chi connectivity index (χ2v) is 5.80. The fraction of sp³-hybridized carbons (Fsp3) is 0.562. The second kappa shape index (κ2) is 6.37. The van der Waals surface area contributed by atoms with Crippen molar-refractivity contribution >= 4 is 5.91 Å². The first kappa shape index (κ1) is 15.0. The minimum atomic E-state index is -0.0670. The van der Waals surface area contributed by atoms with E-state index in [-0.39, 0.29) is 18.1 Å². The molecule has 0 spiro atoms. The molecule has 0 aliphatic carbocycles. The minimum absolute atomic E-state index is 0.0612. The molecule has 0 saturated carbocycles. The summed E-state index contributed by atoms with van der Waals surface area (Å²) in [5, 5.41) is 0. The zero-order valence-corrected chi connectivity index (χ0v) is 12.5. The van der Waals surface area contributed by atoms with Gasteiger partial charge in [-0.15, -0.1) is 0 Å². The van der Waals surface area contributed by atoms with Gasteiger partial charge in [0, 0.05) is 24.7 Å². The smallest absolute Gasteiger partial charge is 0.254 e. The molecule has 2 unspecified atom stereocenters. The third-order valence-corrected chi connectivity index (χ3v) is 3.79. The van der Waals surface area contributed by atoms with E-state index in [2.05, 4.69) is 13.8 Å². The van der Waals surface area contributed by atoms with E-state index >= 15 is 0 Å². The maximum atomic E-state index is 12.5. The molecule has 1 saturated heterocycles. The summed E-state index contributed by atoms with van der Waals surface area (Å²) in [4.78, 5) is 14.3. The molecular weight excluding hydrogens is 252 g/mol. The van der Waals surface area contributed by atoms with Crippen LogP contribution in [0, 0.1) is 0 Å². The third-order valence-electron chi connectivity index (χ3n) is 3.79. The number of hydrogen-bond donors (Lipinski definition) is 1. The van der Waals surface area contributed by atoms with Crippen molar-refractivity contribution in [3.63, 3.8) is 0 Å². The van der Waals surface area contributed by atoms with Gasteiger partial charge in [-0.2, -0.15) is 0 Å². The van der Waals surface area contributed by atoms with Crippen molar-refractivity contribution in [2.24, 2.45) is 5.73 Å². The Morgan fingerprint density at radius 3 is 2.50 bits per heavy atom. The lowest BCUT2D eigenvalue weighted by molar-refractivity contribution is -0.0300. The maximum absolute atomic E-state index is 12.5. The summed E-state index contributed by atoms with van der Waals surface area (Å²) in [7, 11) is 0. The highest BCUT2D eigenvalue weighted by Crippen LogP contribution is 2.17. The number of carbonyl (C=O) groups excluding carboxylic acids is 1. The van der Waals surface area contributed by atoms with Crippen LogP contribution in [0.3, 0.4) is 0 Å². The number of nitrogens with zero attached hydrogens (tertiary/aromatic N) is 1. The lowest BCUT2D eigenvalue weighted by Crippen LogP contribution is -2.51. The van der Waals surface area contributed by atoms with E-state index in [1.165, 1.54) is 5.56 Å². The fourth-order valence-corrected chi connectivity index (χ4v) is 2.37. The number of hydrogen-bond acceptors (Lipinski definition) is 3. The van der Waals surface area contributed by atoms with Crippen LogP contribution in [0.25, 0.3) is 0 Å². The summed E-state index contributed by atoms with van der Waals surface area (Å²) >= 11 is 0. The van der Waals surface area contributed by atoms with Gasteiger partial charge in [0.2, 0.25) is 0 Å². The molecule has 1 aromatic carbocycles. The van der Waals surface area contributed by atoms with Gasteiger partial charge in [-0.1, -0.05) is 26.0 Å². The van der Waals surface area contributed by atoms with Gasteiger partial charge >= 0.3 is 0 Å². The molecule has 1 heterocycles. The molecule has 4 heteroatoms. The summed E-state index contributed by atoms with van der Waals surface area (Å²) in [6.45, 7) is 7.96. The number of rotatable bonds is 3. The molecule has 20 heavy (non-hydrogen) atoms. The van der Waals surface area contributed by atoms with Crippen molar-refractivity contribution < 1.29 is 9.53 Å². The Morgan fingerprint density at radius 1 is 1.30 bits per heavy atom. The molecule has 2 N–H and O–H groups in total. The zero-order valence-electron chi connectivity index (χ0n) is 12.5. The van der Waals surface area contributed by atoms with E-state index in [9.17, 15) is 4.79 Å². The standard InChI is InChI=1S/C16H24N2O2/c1-11(2)13-4-6-14(7-5-13)16(19)18-8-9-20-15(10-18)12(3)17/h4-7,11-12,15H,8-10,17H2,1-3H3. The zero-order chi connectivity index (χ0) is 14.7. The van der Waals surface area contributed by atoms with Crippen molar-refractivity contribution in [2.45, 2.75) is 38.8 Å². The predicted octanol–water partition coefficient (Wildman–Crippen LogP) is 2.00. The van der Waals surface area contributed by atoms with E-state index in [0.717, 1.165) is 5.56 Å². The van der Waals surface area contributed by atoms with Gasteiger partial charge in [0.15, 0.2) is 0 Å². The molecule has 0 radical (unpaired) electrons. The summed E-state index contributed by atoms with van der Waals surface area (Å²) < 4.78 is 5.59. The molecule has 1 fully saturated rings. The lowest BCUT2D eigenvalue weighted by atomic mass is 10.0. The first-order valence-electron chi connectivity index (χ1n) is 7.25. The second-order valence-electron chi connectivity index (χ2n) is 5.80. The average Bonchev–Trinajstić information content (AvgIpc) is 2.46. The Balaban J connectivity index is 2.06. The van der Waals surface area contributed by atoms with Crippen LogP contribution in [-0.2, 0) is 4.74 Å². The van der Waals surface area contributed by atoms with Gasteiger partial charge in [0.1, 0.15) is 0 Å². The highest BCUT2D eigenvalue weighted by Gasteiger charge is 2.27. The largest absolute Gasteiger partial charge is 0.373 e. The first-order chi connectivity index (χ1) is 9.49. The molecule has 2 atom stereocenters.